The van der Waals surface area contributed by atoms with Gasteiger partial charge in [-0.2, -0.15) is 5.10 Å². The molecule has 3 heterocycles. The number of rotatable bonds is 6. The van der Waals surface area contributed by atoms with Crippen LogP contribution in [0.5, 0.6) is 0 Å². The van der Waals surface area contributed by atoms with Crippen molar-refractivity contribution in [3.63, 3.8) is 0 Å². The zero-order valence-corrected chi connectivity index (χ0v) is 20.8. The number of amides is 2. The van der Waals surface area contributed by atoms with E-state index in [0.29, 0.717) is 27.9 Å². The molecule has 37 heavy (non-hydrogen) atoms. The number of hydrogen-bond donors (Lipinski definition) is 2. The maximum atomic E-state index is 13.3. The van der Waals surface area contributed by atoms with Crippen molar-refractivity contribution in [3.05, 3.63) is 70.9 Å². The Kier molecular flexibility index (Phi) is 6.29. The van der Waals surface area contributed by atoms with Crippen LogP contribution in [0.2, 0.25) is 0 Å². The Morgan fingerprint density at radius 3 is 2.51 bits per heavy atom. The SMILES string of the molecule is CC(=O)NS(=O)(=O)c1ccc(NC(=O)CC2CSc3nc4c(cnn4-c4ccc(F)cc4)c(=O)n32)cc1. The molecule has 0 spiro atoms. The zero-order chi connectivity index (χ0) is 26.3. The molecule has 2 aromatic heterocycles. The first-order chi connectivity index (χ1) is 17.6. The van der Waals surface area contributed by atoms with Gasteiger partial charge >= 0.3 is 0 Å². The molecule has 4 aromatic rings. The molecule has 190 valence electrons. The molecule has 11 nitrogen and oxygen atoms in total. The van der Waals surface area contributed by atoms with Gasteiger partial charge in [-0.3, -0.25) is 19.0 Å². The number of hydrogen-bond acceptors (Lipinski definition) is 8. The van der Waals surface area contributed by atoms with Gasteiger partial charge in [0.2, 0.25) is 11.8 Å². The average molecular weight is 543 g/mol. The van der Waals surface area contributed by atoms with Gasteiger partial charge in [0.25, 0.3) is 15.6 Å². The fraction of sp³-hybridized carbons (Fsp3) is 0.174. The highest BCUT2D eigenvalue weighted by Gasteiger charge is 2.29. The highest BCUT2D eigenvalue weighted by molar-refractivity contribution is 7.99. The minimum atomic E-state index is -3.98. The van der Waals surface area contributed by atoms with Gasteiger partial charge in [0.15, 0.2) is 10.8 Å². The molecule has 0 aliphatic carbocycles. The van der Waals surface area contributed by atoms with E-state index in [1.807, 2.05) is 4.72 Å². The summed E-state index contributed by atoms with van der Waals surface area (Å²) in [7, 11) is -3.98. The first kappa shape index (κ1) is 24.6. The van der Waals surface area contributed by atoms with Gasteiger partial charge < -0.3 is 5.32 Å². The van der Waals surface area contributed by atoms with E-state index >= 15 is 0 Å². The molecule has 5 rings (SSSR count). The Bertz CT molecular complexity index is 1700. The van der Waals surface area contributed by atoms with Gasteiger partial charge in [-0.1, -0.05) is 11.8 Å². The van der Waals surface area contributed by atoms with Gasteiger partial charge in [-0.25, -0.2) is 27.2 Å². The van der Waals surface area contributed by atoms with Crippen molar-refractivity contribution in [1.82, 2.24) is 24.1 Å². The summed E-state index contributed by atoms with van der Waals surface area (Å²) >= 11 is 1.34. The molecule has 1 aliphatic rings. The van der Waals surface area contributed by atoms with Gasteiger partial charge in [-0.15, -0.1) is 0 Å². The Hall–Kier alpha value is -4.04. The smallest absolute Gasteiger partial charge is 0.265 e. The van der Waals surface area contributed by atoms with Gasteiger partial charge in [-0.05, 0) is 48.5 Å². The third-order valence-electron chi connectivity index (χ3n) is 5.59. The lowest BCUT2D eigenvalue weighted by Crippen LogP contribution is -2.28. The average Bonchev–Trinajstić information content (AvgIpc) is 3.44. The third kappa shape index (κ3) is 4.84. The van der Waals surface area contributed by atoms with E-state index in [1.54, 1.807) is 0 Å². The van der Waals surface area contributed by atoms with E-state index in [4.69, 9.17) is 0 Å². The number of sulfonamides is 1. The van der Waals surface area contributed by atoms with Crippen LogP contribution in [0.3, 0.4) is 0 Å². The zero-order valence-electron chi connectivity index (χ0n) is 19.2. The Labute approximate surface area is 213 Å². The monoisotopic (exact) mass is 542 g/mol. The molecule has 1 atom stereocenters. The number of thioether (sulfide) groups is 1. The van der Waals surface area contributed by atoms with Crippen LogP contribution in [-0.2, 0) is 19.6 Å². The highest BCUT2D eigenvalue weighted by Crippen LogP contribution is 2.33. The summed E-state index contributed by atoms with van der Waals surface area (Å²) in [6.07, 6.45) is 1.39. The lowest BCUT2D eigenvalue weighted by Gasteiger charge is -2.14. The fourth-order valence-electron chi connectivity index (χ4n) is 3.94. The number of fused-ring (bicyclic) bond motifs is 2. The molecule has 0 radical (unpaired) electrons. The van der Waals surface area contributed by atoms with Crippen molar-refractivity contribution < 1.29 is 22.4 Å². The second-order valence-electron chi connectivity index (χ2n) is 8.24. The Morgan fingerprint density at radius 1 is 1.14 bits per heavy atom. The number of nitrogens with zero attached hydrogens (tertiary/aromatic N) is 4. The van der Waals surface area contributed by atoms with Crippen molar-refractivity contribution in [1.29, 1.82) is 0 Å². The van der Waals surface area contributed by atoms with E-state index in [2.05, 4.69) is 15.4 Å². The number of carbonyl (C=O) groups excluding carboxylic acids is 2. The largest absolute Gasteiger partial charge is 0.326 e. The van der Waals surface area contributed by atoms with E-state index in [1.165, 1.54) is 75.7 Å². The van der Waals surface area contributed by atoms with Gasteiger partial charge in [0.1, 0.15) is 11.2 Å². The van der Waals surface area contributed by atoms with Crippen LogP contribution in [0.15, 0.2) is 69.6 Å². The van der Waals surface area contributed by atoms with E-state index in [-0.39, 0.29) is 28.2 Å². The topological polar surface area (TPSA) is 145 Å². The number of carbonyl (C=O) groups is 2. The number of benzene rings is 2. The van der Waals surface area contributed by atoms with Crippen molar-refractivity contribution in [2.75, 3.05) is 11.1 Å². The molecule has 0 saturated heterocycles. The van der Waals surface area contributed by atoms with Crippen molar-refractivity contribution in [2.45, 2.75) is 29.4 Å². The van der Waals surface area contributed by atoms with Crippen LogP contribution < -0.4 is 15.6 Å². The molecule has 0 bridgehead atoms. The minimum absolute atomic E-state index is 0.00879. The Balaban J connectivity index is 1.34. The number of nitrogens with one attached hydrogen (secondary N) is 2. The molecule has 0 fully saturated rings. The van der Waals surface area contributed by atoms with E-state index < -0.39 is 27.8 Å². The summed E-state index contributed by atoms with van der Waals surface area (Å²) in [6, 6.07) is 10.6. The van der Waals surface area contributed by atoms with Crippen LogP contribution in [0.1, 0.15) is 19.4 Å². The van der Waals surface area contributed by atoms with Crippen molar-refractivity contribution in [2.24, 2.45) is 0 Å². The molecule has 0 saturated carbocycles. The molecule has 14 heteroatoms. The summed E-state index contributed by atoms with van der Waals surface area (Å²) in [5.41, 5.74) is 0.931. The molecular formula is C23H19FN6O5S2. The van der Waals surface area contributed by atoms with Crippen molar-refractivity contribution >= 4 is 50.3 Å². The highest BCUT2D eigenvalue weighted by atomic mass is 32.2. The quantitative estimate of drug-likeness (QED) is 0.353. The summed E-state index contributed by atoms with van der Waals surface area (Å²) in [4.78, 5) is 41.5. The minimum Gasteiger partial charge on any atom is -0.326 e. The molecular weight excluding hydrogens is 523 g/mol. The summed E-state index contributed by atoms with van der Waals surface area (Å²) in [6.45, 7) is 1.09. The van der Waals surface area contributed by atoms with E-state index in [0.717, 1.165) is 6.92 Å². The van der Waals surface area contributed by atoms with Crippen molar-refractivity contribution in [3.8, 4) is 5.69 Å². The molecule has 1 unspecified atom stereocenters. The second kappa shape index (κ2) is 9.44. The van der Waals surface area contributed by atoms with Gasteiger partial charge in [0, 0.05) is 24.8 Å². The predicted molar refractivity (Wildman–Crippen MR) is 134 cm³/mol. The van der Waals surface area contributed by atoms with Crippen LogP contribution in [0, 0.1) is 5.82 Å². The standard InChI is InChI=1S/C23H19FN6O5S2/c1-13(31)28-37(34,35)18-8-4-15(5-9-18)26-20(32)10-17-12-36-23-27-21-19(22(33)29(17)23)11-25-30(21)16-6-2-14(24)3-7-16/h2-9,11,17H,10,12H2,1H3,(H,26,32)(H,28,31). The maximum Gasteiger partial charge on any atom is 0.265 e. The summed E-state index contributed by atoms with van der Waals surface area (Å²) < 4.78 is 42.2. The molecule has 1 aliphatic heterocycles. The number of aromatic nitrogens is 4. The van der Waals surface area contributed by atoms with Crippen LogP contribution in [0.25, 0.3) is 16.7 Å². The van der Waals surface area contributed by atoms with E-state index in [9.17, 15) is 27.2 Å². The summed E-state index contributed by atoms with van der Waals surface area (Å²) in [5.74, 6) is -1.02. The molecule has 2 aromatic carbocycles. The lowest BCUT2D eigenvalue weighted by molar-refractivity contribution is -0.117. The second-order valence-corrected chi connectivity index (χ2v) is 10.9. The molecule has 2 N–H and O–H groups in total. The maximum absolute atomic E-state index is 13.3. The lowest BCUT2D eigenvalue weighted by atomic mass is 10.2. The third-order valence-corrected chi connectivity index (χ3v) is 8.14. The van der Waals surface area contributed by atoms with Crippen LogP contribution in [0.4, 0.5) is 10.1 Å². The summed E-state index contributed by atoms with van der Waals surface area (Å²) in [5, 5.41) is 7.66. The first-order valence-corrected chi connectivity index (χ1v) is 13.4. The first-order valence-electron chi connectivity index (χ1n) is 10.9. The Morgan fingerprint density at radius 2 is 1.84 bits per heavy atom. The predicted octanol–water partition coefficient (Wildman–Crippen LogP) is 2.22. The molecule has 2 amide bonds. The fourth-order valence-corrected chi connectivity index (χ4v) is 6.06. The van der Waals surface area contributed by atoms with Crippen LogP contribution in [-0.4, -0.2) is 45.3 Å². The normalized spacial score (nSPS) is 14.9. The number of halogens is 1. The number of anilines is 1. The van der Waals surface area contributed by atoms with Crippen LogP contribution >= 0.6 is 11.8 Å². The van der Waals surface area contributed by atoms with Gasteiger partial charge in [0.05, 0.1) is 22.8 Å².